The Kier molecular flexibility index (Phi) is 6.23. The Bertz CT molecular complexity index is 726. The van der Waals surface area contributed by atoms with Crippen molar-refractivity contribution in [2.24, 2.45) is 0 Å². The quantitative estimate of drug-likeness (QED) is 0.834. The van der Waals surface area contributed by atoms with E-state index in [9.17, 15) is 9.18 Å². The first-order valence-electron chi connectivity index (χ1n) is 9.31. The summed E-state index contributed by atoms with van der Waals surface area (Å²) in [6.07, 6.45) is 3.81. The molecule has 1 unspecified atom stereocenters. The smallest absolute Gasteiger partial charge is 0.279 e. The van der Waals surface area contributed by atoms with E-state index >= 15 is 0 Å². The van der Waals surface area contributed by atoms with Crippen molar-refractivity contribution < 1.29 is 14.1 Å². The summed E-state index contributed by atoms with van der Waals surface area (Å²) in [5, 5.41) is 2.95. The topological polar surface area (TPSA) is 36.8 Å². The standard InChI is InChI=1S/C21H26FN3O/c1-24(15-17-6-5-7-18(22)14-17)16-21(26)23-19-8-10-20(11-9-19)25-12-3-2-4-13-25/h5-11,14H,2-4,12-13,15-16H2,1H3,(H,23,26)/p+1. The van der Waals surface area contributed by atoms with E-state index in [1.807, 2.05) is 25.2 Å². The van der Waals surface area contributed by atoms with Gasteiger partial charge in [-0.3, -0.25) is 4.79 Å². The lowest BCUT2D eigenvalue weighted by molar-refractivity contribution is -0.885. The van der Waals surface area contributed by atoms with Crippen molar-refractivity contribution in [3.8, 4) is 0 Å². The molecule has 1 amide bonds. The van der Waals surface area contributed by atoms with E-state index in [0.717, 1.165) is 29.2 Å². The van der Waals surface area contributed by atoms with E-state index in [-0.39, 0.29) is 11.7 Å². The molecule has 5 heteroatoms. The van der Waals surface area contributed by atoms with Crippen molar-refractivity contribution >= 4 is 17.3 Å². The lowest BCUT2D eigenvalue weighted by Crippen LogP contribution is -3.08. The van der Waals surface area contributed by atoms with Crippen LogP contribution in [0.5, 0.6) is 0 Å². The van der Waals surface area contributed by atoms with Crippen LogP contribution in [0.4, 0.5) is 15.8 Å². The van der Waals surface area contributed by atoms with Crippen LogP contribution in [0.1, 0.15) is 24.8 Å². The molecule has 138 valence electrons. The van der Waals surface area contributed by atoms with Gasteiger partial charge in [0.25, 0.3) is 5.91 Å². The van der Waals surface area contributed by atoms with E-state index < -0.39 is 0 Å². The van der Waals surface area contributed by atoms with E-state index in [1.165, 1.54) is 37.1 Å². The molecule has 0 aliphatic carbocycles. The van der Waals surface area contributed by atoms with Gasteiger partial charge in [0.1, 0.15) is 12.4 Å². The molecular weight excluding hydrogens is 329 g/mol. The molecule has 26 heavy (non-hydrogen) atoms. The fourth-order valence-corrected chi connectivity index (χ4v) is 3.44. The second-order valence-electron chi connectivity index (χ2n) is 7.08. The van der Waals surface area contributed by atoms with Crippen LogP contribution in [0.15, 0.2) is 48.5 Å². The minimum absolute atomic E-state index is 0.0374. The SMILES string of the molecule is C[NH+](CC(=O)Nc1ccc(N2CCCCC2)cc1)Cc1cccc(F)c1. The number of benzene rings is 2. The van der Waals surface area contributed by atoms with Gasteiger partial charge < -0.3 is 15.1 Å². The number of nitrogens with one attached hydrogen (secondary N) is 2. The number of hydrogen-bond acceptors (Lipinski definition) is 2. The monoisotopic (exact) mass is 356 g/mol. The Labute approximate surface area is 154 Å². The van der Waals surface area contributed by atoms with Crippen LogP contribution in [0.3, 0.4) is 0 Å². The molecule has 4 nitrogen and oxygen atoms in total. The number of carbonyl (C=O) groups is 1. The van der Waals surface area contributed by atoms with Gasteiger partial charge in [0, 0.05) is 30.0 Å². The van der Waals surface area contributed by atoms with Gasteiger partial charge in [-0.15, -0.1) is 0 Å². The van der Waals surface area contributed by atoms with Gasteiger partial charge in [-0.25, -0.2) is 4.39 Å². The predicted molar refractivity (Wildman–Crippen MR) is 103 cm³/mol. The van der Waals surface area contributed by atoms with Gasteiger partial charge in [0.05, 0.1) is 7.05 Å². The molecule has 0 spiro atoms. The predicted octanol–water partition coefficient (Wildman–Crippen LogP) is 2.47. The molecule has 0 saturated carbocycles. The summed E-state index contributed by atoms with van der Waals surface area (Å²) in [5.41, 5.74) is 2.92. The third-order valence-electron chi connectivity index (χ3n) is 4.73. The highest BCUT2D eigenvalue weighted by atomic mass is 19.1. The number of piperidine rings is 1. The summed E-state index contributed by atoms with van der Waals surface area (Å²) in [5.74, 6) is -0.279. The van der Waals surface area contributed by atoms with Crippen LogP contribution in [0.25, 0.3) is 0 Å². The Morgan fingerprint density at radius 3 is 2.54 bits per heavy atom. The fourth-order valence-electron chi connectivity index (χ4n) is 3.44. The summed E-state index contributed by atoms with van der Waals surface area (Å²) in [7, 11) is 1.93. The van der Waals surface area contributed by atoms with Crippen molar-refractivity contribution in [1.82, 2.24) is 0 Å². The van der Waals surface area contributed by atoms with Crippen molar-refractivity contribution in [3.63, 3.8) is 0 Å². The molecule has 1 aliphatic rings. The Hall–Kier alpha value is -2.40. The van der Waals surface area contributed by atoms with Crippen LogP contribution >= 0.6 is 0 Å². The molecule has 0 radical (unpaired) electrons. The van der Waals surface area contributed by atoms with Gasteiger partial charge >= 0.3 is 0 Å². The van der Waals surface area contributed by atoms with E-state index in [1.54, 1.807) is 6.07 Å². The lowest BCUT2D eigenvalue weighted by Gasteiger charge is -2.28. The average molecular weight is 356 g/mol. The largest absolute Gasteiger partial charge is 0.372 e. The van der Waals surface area contributed by atoms with Crippen molar-refractivity contribution in [3.05, 3.63) is 59.9 Å². The first-order chi connectivity index (χ1) is 12.6. The second-order valence-corrected chi connectivity index (χ2v) is 7.08. The highest BCUT2D eigenvalue weighted by Crippen LogP contribution is 2.21. The molecule has 3 rings (SSSR count). The number of rotatable bonds is 6. The molecule has 1 atom stereocenters. The number of anilines is 2. The van der Waals surface area contributed by atoms with Crippen molar-refractivity contribution in [1.29, 1.82) is 0 Å². The van der Waals surface area contributed by atoms with Crippen LogP contribution in [-0.4, -0.2) is 32.6 Å². The van der Waals surface area contributed by atoms with Crippen LogP contribution < -0.4 is 15.1 Å². The number of carbonyl (C=O) groups excluding carboxylic acids is 1. The zero-order valence-electron chi connectivity index (χ0n) is 15.3. The number of amides is 1. The highest BCUT2D eigenvalue weighted by Gasteiger charge is 2.13. The second kappa shape index (κ2) is 8.81. The van der Waals surface area contributed by atoms with Gasteiger partial charge in [-0.2, -0.15) is 0 Å². The van der Waals surface area contributed by atoms with E-state index in [4.69, 9.17) is 0 Å². The maximum absolute atomic E-state index is 13.2. The average Bonchev–Trinajstić information content (AvgIpc) is 2.63. The lowest BCUT2D eigenvalue weighted by atomic mass is 10.1. The number of halogens is 1. The van der Waals surface area contributed by atoms with Crippen molar-refractivity contribution in [2.45, 2.75) is 25.8 Å². The summed E-state index contributed by atoms with van der Waals surface area (Å²) in [6.45, 7) is 3.17. The summed E-state index contributed by atoms with van der Waals surface area (Å²) in [6, 6.07) is 14.6. The zero-order chi connectivity index (χ0) is 18.4. The molecule has 1 heterocycles. The molecule has 2 aromatic rings. The summed E-state index contributed by atoms with van der Waals surface area (Å²) >= 11 is 0. The van der Waals surface area contributed by atoms with E-state index in [0.29, 0.717) is 13.1 Å². The van der Waals surface area contributed by atoms with Gasteiger partial charge in [0.15, 0.2) is 6.54 Å². The van der Waals surface area contributed by atoms with Crippen LogP contribution in [0, 0.1) is 5.82 Å². The van der Waals surface area contributed by atoms with Crippen LogP contribution in [-0.2, 0) is 11.3 Å². The van der Waals surface area contributed by atoms with E-state index in [2.05, 4.69) is 22.3 Å². The molecule has 2 aromatic carbocycles. The Morgan fingerprint density at radius 1 is 1.12 bits per heavy atom. The first-order valence-corrected chi connectivity index (χ1v) is 9.31. The minimum Gasteiger partial charge on any atom is -0.372 e. The minimum atomic E-state index is -0.242. The molecule has 0 bridgehead atoms. The van der Waals surface area contributed by atoms with Gasteiger partial charge in [-0.05, 0) is 55.7 Å². The Balaban J connectivity index is 1.49. The third kappa shape index (κ3) is 5.30. The number of quaternary nitrogens is 1. The molecule has 0 aromatic heterocycles. The summed E-state index contributed by atoms with van der Waals surface area (Å²) in [4.78, 5) is 15.7. The maximum atomic E-state index is 13.2. The van der Waals surface area contributed by atoms with Crippen molar-refractivity contribution in [2.75, 3.05) is 36.9 Å². The van der Waals surface area contributed by atoms with Gasteiger partial charge in [0.2, 0.25) is 0 Å². The molecule has 1 fully saturated rings. The molecule has 2 N–H and O–H groups in total. The zero-order valence-corrected chi connectivity index (χ0v) is 15.3. The molecule has 1 aliphatic heterocycles. The Morgan fingerprint density at radius 2 is 1.85 bits per heavy atom. The third-order valence-corrected chi connectivity index (χ3v) is 4.73. The van der Waals surface area contributed by atoms with Gasteiger partial charge in [-0.1, -0.05) is 12.1 Å². The number of nitrogens with zero attached hydrogens (tertiary/aromatic N) is 1. The summed E-state index contributed by atoms with van der Waals surface area (Å²) < 4.78 is 13.2. The fraction of sp³-hybridized carbons (Fsp3) is 0.381. The number of hydrogen-bond donors (Lipinski definition) is 2. The maximum Gasteiger partial charge on any atom is 0.279 e. The number of likely N-dealkylation sites (N-methyl/N-ethyl adjacent to an activating group) is 1. The first kappa shape index (κ1) is 18.4. The highest BCUT2D eigenvalue weighted by molar-refractivity contribution is 5.91. The normalized spacial score (nSPS) is 15.5. The van der Waals surface area contributed by atoms with Crippen LogP contribution in [0.2, 0.25) is 0 Å². The molecular formula is C21H27FN3O+. The molecule has 1 saturated heterocycles.